The molecule has 1 aromatic heterocycles. The molecule has 0 saturated carbocycles. The molecule has 2 heteroatoms. The van der Waals surface area contributed by atoms with Gasteiger partial charge in [0.25, 0.3) is 0 Å². The second-order valence-corrected chi connectivity index (χ2v) is 4.21. The first-order chi connectivity index (χ1) is 8.68. The van der Waals surface area contributed by atoms with Gasteiger partial charge in [-0.1, -0.05) is 37.4 Å². The molecule has 2 nitrogen and oxygen atoms in total. The zero-order valence-electron chi connectivity index (χ0n) is 10.3. The van der Waals surface area contributed by atoms with E-state index in [1.165, 1.54) is 5.56 Å². The first-order valence-corrected chi connectivity index (χ1v) is 5.79. The van der Waals surface area contributed by atoms with Crippen molar-refractivity contribution >= 4 is 11.3 Å². The Morgan fingerprint density at radius 2 is 1.61 bits per heavy atom. The molecule has 18 heavy (non-hydrogen) atoms. The zero-order valence-corrected chi connectivity index (χ0v) is 10.3. The molecular weight excluding hydrogens is 220 g/mol. The average molecular weight is 236 g/mol. The van der Waals surface area contributed by atoms with E-state index in [2.05, 4.69) is 18.1 Å². The van der Waals surface area contributed by atoms with Gasteiger partial charge in [-0.15, -0.1) is 0 Å². The fourth-order valence-electron chi connectivity index (χ4n) is 1.91. The minimum Gasteiger partial charge on any atom is -0.399 e. The molecule has 0 bridgehead atoms. The fraction of sp³-hybridized carbons (Fsp3) is 0.0625. The van der Waals surface area contributed by atoms with Crippen LogP contribution in [0.25, 0.3) is 11.3 Å². The van der Waals surface area contributed by atoms with Gasteiger partial charge in [0.2, 0.25) is 0 Å². The molecule has 0 saturated heterocycles. The normalized spacial score (nSPS) is 10.0. The summed E-state index contributed by atoms with van der Waals surface area (Å²) >= 11 is 0. The molecule has 2 aromatic rings. The van der Waals surface area contributed by atoms with E-state index in [1.54, 1.807) is 12.4 Å². The van der Waals surface area contributed by atoms with Gasteiger partial charge in [0.15, 0.2) is 0 Å². The molecule has 90 valence electrons. The Balaban J connectivity index is 2.27. The lowest BCUT2D eigenvalue weighted by Crippen LogP contribution is -2.00. The van der Waals surface area contributed by atoms with Gasteiger partial charge >= 0.3 is 0 Å². The van der Waals surface area contributed by atoms with Crippen LogP contribution in [-0.4, -0.2) is 4.98 Å². The van der Waals surface area contributed by atoms with Gasteiger partial charge in [0, 0.05) is 23.7 Å². The Hall–Kier alpha value is -2.35. The van der Waals surface area contributed by atoms with Crippen LogP contribution in [0.2, 0.25) is 0 Å². The summed E-state index contributed by atoms with van der Waals surface area (Å²) in [5, 5.41) is 0. The first-order valence-electron chi connectivity index (χ1n) is 5.79. The van der Waals surface area contributed by atoms with Crippen LogP contribution in [0.5, 0.6) is 0 Å². The number of allylic oxidation sites excluding steroid dienone is 1. The highest BCUT2D eigenvalue weighted by Crippen LogP contribution is 2.24. The smallest absolute Gasteiger partial charge is 0.0320 e. The van der Waals surface area contributed by atoms with Gasteiger partial charge in [0.05, 0.1) is 0 Å². The molecule has 1 heterocycles. The molecule has 0 aliphatic heterocycles. The molecule has 0 radical (unpaired) electrons. The summed E-state index contributed by atoms with van der Waals surface area (Å²) < 4.78 is 0. The van der Waals surface area contributed by atoms with Crippen LogP contribution >= 0.6 is 0 Å². The molecular formula is C16H16N2. The van der Waals surface area contributed by atoms with Crippen molar-refractivity contribution in [2.45, 2.75) is 6.42 Å². The van der Waals surface area contributed by atoms with Crippen molar-refractivity contribution in [1.29, 1.82) is 0 Å². The Kier molecular flexibility index (Phi) is 3.58. The molecule has 0 spiro atoms. The largest absolute Gasteiger partial charge is 0.399 e. The topological polar surface area (TPSA) is 38.9 Å². The first kappa shape index (κ1) is 12.1. The van der Waals surface area contributed by atoms with E-state index < -0.39 is 0 Å². The van der Waals surface area contributed by atoms with Gasteiger partial charge in [-0.3, -0.25) is 4.98 Å². The number of pyridine rings is 1. The summed E-state index contributed by atoms with van der Waals surface area (Å²) in [6, 6.07) is 11.9. The molecule has 0 aliphatic carbocycles. The predicted molar refractivity (Wildman–Crippen MR) is 76.6 cm³/mol. The van der Waals surface area contributed by atoms with E-state index in [4.69, 9.17) is 5.73 Å². The molecule has 0 fully saturated rings. The van der Waals surface area contributed by atoms with Crippen LogP contribution in [0.3, 0.4) is 0 Å². The molecule has 2 rings (SSSR count). The SMILES string of the molecule is C=C(N)c1ccccc1C(=C)Cc1ccncc1. The van der Waals surface area contributed by atoms with Crippen molar-refractivity contribution in [3.8, 4) is 0 Å². The lowest BCUT2D eigenvalue weighted by atomic mass is 9.95. The van der Waals surface area contributed by atoms with Crippen LogP contribution in [0.15, 0.2) is 61.9 Å². The number of nitrogens with zero attached hydrogens (tertiary/aromatic N) is 1. The van der Waals surface area contributed by atoms with E-state index in [9.17, 15) is 0 Å². The lowest BCUT2D eigenvalue weighted by molar-refractivity contribution is 1.22. The van der Waals surface area contributed by atoms with E-state index in [-0.39, 0.29) is 0 Å². The highest BCUT2D eigenvalue weighted by molar-refractivity contribution is 5.77. The number of nitrogens with two attached hydrogens (primary N) is 1. The number of rotatable bonds is 4. The summed E-state index contributed by atoms with van der Waals surface area (Å²) in [7, 11) is 0. The predicted octanol–water partition coefficient (Wildman–Crippen LogP) is 3.27. The Morgan fingerprint density at radius 3 is 2.22 bits per heavy atom. The highest BCUT2D eigenvalue weighted by Gasteiger charge is 2.07. The van der Waals surface area contributed by atoms with Crippen LogP contribution in [0, 0.1) is 0 Å². The average Bonchev–Trinajstić information content (AvgIpc) is 2.40. The second kappa shape index (κ2) is 5.32. The van der Waals surface area contributed by atoms with E-state index >= 15 is 0 Å². The van der Waals surface area contributed by atoms with Crippen LogP contribution < -0.4 is 5.73 Å². The van der Waals surface area contributed by atoms with Crippen molar-refractivity contribution in [2.75, 3.05) is 0 Å². The standard InChI is InChI=1S/C16H16N2/c1-12(11-14-7-9-18-10-8-14)15-5-3-4-6-16(15)13(2)17/h3-10H,1-2,11,17H2. The van der Waals surface area contributed by atoms with Crippen LogP contribution in [0.1, 0.15) is 16.7 Å². The third-order valence-corrected chi connectivity index (χ3v) is 2.82. The van der Waals surface area contributed by atoms with Gasteiger partial charge in [-0.25, -0.2) is 0 Å². The maximum Gasteiger partial charge on any atom is 0.0320 e. The molecule has 1 aromatic carbocycles. The van der Waals surface area contributed by atoms with Crippen molar-refractivity contribution < 1.29 is 0 Å². The van der Waals surface area contributed by atoms with Gasteiger partial charge in [0.1, 0.15) is 0 Å². The summed E-state index contributed by atoms with van der Waals surface area (Å²) in [6.07, 6.45) is 4.36. The Bertz CT molecular complexity index is 571. The Labute approximate surface area is 107 Å². The maximum atomic E-state index is 5.80. The summed E-state index contributed by atoms with van der Waals surface area (Å²) in [5.41, 5.74) is 10.6. The number of hydrogen-bond donors (Lipinski definition) is 1. The quantitative estimate of drug-likeness (QED) is 0.884. The van der Waals surface area contributed by atoms with E-state index in [1.807, 2.05) is 36.4 Å². The second-order valence-electron chi connectivity index (χ2n) is 4.21. The molecule has 0 unspecified atom stereocenters. The van der Waals surface area contributed by atoms with Crippen LogP contribution in [0.4, 0.5) is 0 Å². The lowest BCUT2D eigenvalue weighted by Gasteiger charge is -2.11. The number of aromatic nitrogens is 1. The third-order valence-electron chi connectivity index (χ3n) is 2.82. The molecule has 0 atom stereocenters. The Morgan fingerprint density at radius 1 is 1.00 bits per heavy atom. The zero-order chi connectivity index (χ0) is 13.0. The highest BCUT2D eigenvalue weighted by atomic mass is 14.6. The van der Waals surface area contributed by atoms with E-state index in [0.29, 0.717) is 5.70 Å². The van der Waals surface area contributed by atoms with Gasteiger partial charge in [-0.2, -0.15) is 0 Å². The van der Waals surface area contributed by atoms with Crippen molar-refractivity contribution in [1.82, 2.24) is 4.98 Å². The minimum atomic E-state index is 0.571. The maximum absolute atomic E-state index is 5.80. The summed E-state index contributed by atoms with van der Waals surface area (Å²) in [4.78, 5) is 4.01. The monoisotopic (exact) mass is 236 g/mol. The number of hydrogen-bond acceptors (Lipinski definition) is 2. The van der Waals surface area contributed by atoms with Crippen molar-refractivity contribution in [3.05, 3.63) is 78.6 Å². The van der Waals surface area contributed by atoms with Crippen LogP contribution in [-0.2, 0) is 6.42 Å². The summed E-state index contributed by atoms with van der Waals surface area (Å²) in [6.45, 7) is 7.95. The summed E-state index contributed by atoms with van der Waals surface area (Å²) in [5.74, 6) is 0. The van der Waals surface area contributed by atoms with Crippen molar-refractivity contribution in [2.24, 2.45) is 5.73 Å². The van der Waals surface area contributed by atoms with E-state index in [0.717, 1.165) is 23.1 Å². The minimum absolute atomic E-state index is 0.571. The van der Waals surface area contributed by atoms with Gasteiger partial charge < -0.3 is 5.73 Å². The van der Waals surface area contributed by atoms with Crippen molar-refractivity contribution in [3.63, 3.8) is 0 Å². The number of benzene rings is 1. The fourth-order valence-corrected chi connectivity index (χ4v) is 1.91. The third kappa shape index (κ3) is 2.66. The van der Waals surface area contributed by atoms with Gasteiger partial charge in [-0.05, 0) is 35.3 Å². The molecule has 0 aliphatic rings. The molecule has 2 N–H and O–H groups in total. The molecule has 0 amide bonds.